The SMILES string of the molecule is CC1CN(c2nc(Cl)ncc2N)CCCO1. The highest BCUT2D eigenvalue weighted by Gasteiger charge is 2.18. The van der Waals surface area contributed by atoms with Gasteiger partial charge in [0.1, 0.15) is 0 Å². The standard InChI is InChI=1S/C10H15ClN4O/c1-7-6-15(3-2-4-16-7)9-8(12)5-13-10(11)14-9/h5,7H,2-4,6,12H2,1H3. The summed E-state index contributed by atoms with van der Waals surface area (Å²) < 4.78 is 5.57. The van der Waals surface area contributed by atoms with Crippen LogP contribution in [0.3, 0.4) is 0 Å². The van der Waals surface area contributed by atoms with Gasteiger partial charge in [-0.1, -0.05) is 0 Å². The quantitative estimate of drug-likeness (QED) is 0.753. The van der Waals surface area contributed by atoms with Crippen molar-refractivity contribution in [2.75, 3.05) is 30.3 Å². The molecule has 0 spiro atoms. The largest absolute Gasteiger partial charge is 0.394 e. The molecule has 1 aliphatic heterocycles. The van der Waals surface area contributed by atoms with Gasteiger partial charge >= 0.3 is 0 Å². The van der Waals surface area contributed by atoms with Crippen molar-refractivity contribution in [2.24, 2.45) is 0 Å². The summed E-state index contributed by atoms with van der Waals surface area (Å²) in [6.45, 7) is 4.47. The fraction of sp³-hybridized carbons (Fsp3) is 0.600. The van der Waals surface area contributed by atoms with E-state index in [0.29, 0.717) is 11.5 Å². The van der Waals surface area contributed by atoms with Gasteiger partial charge in [-0.15, -0.1) is 0 Å². The Kier molecular flexibility index (Phi) is 3.46. The summed E-state index contributed by atoms with van der Waals surface area (Å²) in [6, 6.07) is 0. The zero-order valence-corrected chi connectivity index (χ0v) is 9.94. The van der Waals surface area contributed by atoms with Crippen LogP contribution in [0.5, 0.6) is 0 Å². The molecule has 0 radical (unpaired) electrons. The number of nitrogens with two attached hydrogens (primary N) is 1. The third-order valence-corrected chi connectivity index (χ3v) is 2.70. The summed E-state index contributed by atoms with van der Waals surface area (Å²) in [5.41, 5.74) is 6.40. The van der Waals surface area contributed by atoms with Crippen LogP contribution in [0.4, 0.5) is 11.5 Å². The van der Waals surface area contributed by atoms with Gasteiger partial charge in [-0.25, -0.2) is 4.98 Å². The minimum Gasteiger partial charge on any atom is -0.394 e. The Balaban J connectivity index is 2.24. The monoisotopic (exact) mass is 242 g/mol. The van der Waals surface area contributed by atoms with E-state index in [1.54, 1.807) is 6.20 Å². The van der Waals surface area contributed by atoms with Crippen molar-refractivity contribution in [1.29, 1.82) is 0 Å². The molecule has 6 heteroatoms. The molecule has 88 valence electrons. The van der Waals surface area contributed by atoms with Crippen LogP contribution in [0.1, 0.15) is 13.3 Å². The smallest absolute Gasteiger partial charge is 0.224 e. The van der Waals surface area contributed by atoms with Crippen LogP contribution in [0.15, 0.2) is 6.20 Å². The number of ether oxygens (including phenoxy) is 1. The first kappa shape index (κ1) is 11.4. The molecule has 2 N–H and O–H groups in total. The minimum atomic E-state index is 0.177. The van der Waals surface area contributed by atoms with Gasteiger partial charge in [-0.3, -0.25) is 0 Å². The molecule has 0 aliphatic carbocycles. The van der Waals surface area contributed by atoms with E-state index in [9.17, 15) is 0 Å². The lowest BCUT2D eigenvalue weighted by atomic mass is 10.3. The van der Waals surface area contributed by atoms with Crippen LogP contribution in [0.25, 0.3) is 0 Å². The Labute approximate surface area is 99.6 Å². The minimum absolute atomic E-state index is 0.177. The second-order valence-corrected chi connectivity index (χ2v) is 4.24. The molecule has 1 unspecified atom stereocenters. The molecule has 2 rings (SSSR count). The fourth-order valence-electron chi connectivity index (χ4n) is 1.80. The van der Waals surface area contributed by atoms with E-state index < -0.39 is 0 Å². The molecule has 1 aromatic heterocycles. The van der Waals surface area contributed by atoms with E-state index in [1.807, 2.05) is 6.92 Å². The molecule has 0 bridgehead atoms. The van der Waals surface area contributed by atoms with Crippen molar-refractivity contribution in [3.63, 3.8) is 0 Å². The molecule has 0 saturated carbocycles. The van der Waals surface area contributed by atoms with Crippen molar-refractivity contribution in [3.8, 4) is 0 Å². The molecular formula is C10H15ClN4O. The first-order valence-corrected chi connectivity index (χ1v) is 5.69. The van der Waals surface area contributed by atoms with E-state index in [-0.39, 0.29) is 11.4 Å². The highest BCUT2D eigenvalue weighted by Crippen LogP contribution is 2.22. The lowest BCUT2D eigenvalue weighted by Crippen LogP contribution is -2.31. The van der Waals surface area contributed by atoms with E-state index in [2.05, 4.69) is 14.9 Å². The maximum absolute atomic E-state index is 5.85. The number of nitrogens with zero attached hydrogens (tertiary/aromatic N) is 3. The second-order valence-electron chi connectivity index (χ2n) is 3.90. The van der Waals surface area contributed by atoms with Crippen LogP contribution in [0, 0.1) is 0 Å². The highest BCUT2D eigenvalue weighted by atomic mass is 35.5. The first-order chi connectivity index (χ1) is 7.66. The Hall–Kier alpha value is -1.07. The zero-order valence-electron chi connectivity index (χ0n) is 9.19. The molecule has 0 aromatic carbocycles. The molecule has 2 heterocycles. The van der Waals surface area contributed by atoms with Gasteiger partial charge in [0.05, 0.1) is 18.0 Å². The van der Waals surface area contributed by atoms with Crippen molar-refractivity contribution < 1.29 is 4.74 Å². The number of hydrogen-bond acceptors (Lipinski definition) is 5. The van der Waals surface area contributed by atoms with E-state index >= 15 is 0 Å². The molecule has 5 nitrogen and oxygen atoms in total. The molecule has 0 amide bonds. The Morgan fingerprint density at radius 2 is 2.44 bits per heavy atom. The third-order valence-electron chi connectivity index (χ3n) is 2.52. The van der Waals surface area contributed by atoms with E-state index in [1.165, 1.54) is 0 Å². The van der Waals surface area contributed by atoms with Gasteiger partial charge < -0.3 is 15.4 Å². The van der Waals surface area contributed by atoms with Gasteiger partial charge in [0.15, 0.2) is 5.82 Å². The highest BCUT2D eigenvalue weighted by molar-refractivity contribution is 6.28. The lowest BCUT2D eigenvalue weighted by molar-refractivity contribution is 0.0820. The summed E-state index contributed by atoms with van der Waals surface area (Å²) in [5.74, 6) is 0.706. The zero-order chi connectivity index (χ0) is 11.5. The number of halogens is 1. The van der Waals surface area contributed by atoms with Crippen LogP contribution < -0.4 is 10.6 Å². The number of aromatic nitrogens is 2. The van der Waals surface area contributed by atoms with Crippen molar-refractivity contribution >= 4 is 23.1 Å². The van der Waals surface area contributed by atoms with E-state index in [0.717, 1.165) is 26.1 Å². The topological polar surface area (TPSA) is 64.3 Å². The van der Waals surface area contributed by atoms with Crippen molar-refractivity contribution in [3.05, 3.63) is 11.5 Å². The number of hydrogen-bond donors (Lipinski definition) is 1. The van der Waals surface area contributed by atoms with Gasteiger partial charge in [0.25, 0.3) is 0 Å². The molecule has 1 saturated heterocycles. The molecular weight excluding hydrogens is 228 g/mol. The van der Waals surface area contributed by atoms with Crippen LogP contribution in [-0.4, -0.2) is 35.8 Å². The third kappa shape index (κ3) is 2.54. The fourth-order valence-corrected chi connectivity index (χ4v) is 1.93. The van der Waals surface area contributed by atoms with Crippen LogP contribution >= 0.6 is 11.6 Å². The number of nitrogen functional groups attached to an aromatic ring is 1. The predicted octanol–water partition coefficient (Wildman–Crippen LogP) is 1.33. The summed E-state index contributed by atoms with van der Waals surface area (Å²) >= 11 is 5.78. The molecule has 16 heavy (non-hydrogen) atoms. The Bertz CT molecular complexity index is 374. The Morgan fingerprint density at radius 3 is 3.25 bits per heavy atom. The first-order valence-electron chi connectivity index (χ1n) is 5.31. The van der Waals surface area contributed by atoms with Crippen LogP contribution in [-0.2, 0) is 4.74 Å². The maximum atomic E-state index is 5.85. The molecule has 1 aromatic rings. The van der Waals surface area contributed by atoms with Crippen molar-refractivity contribution in [2.45, 2.75) is 19.4 Å². The molecule has 1 fully saturated rings. The molecule has 1 aliphatic rings. The normalized spacial score (nSPS) is 21.9. The van der Waals surface area contributed by atoms with Gasteiger partial charge in [-0.05, 0) is 24.9 Å². The summed E-state index contributed by atoms with van der Waals surface area (Å²) in [7, 11) is 0. The van der Waals surface area contributed by atoms with Gasteiger partial charge in [0, 0.05) is 19.7 Å². The summed E-state index contributed by atoms with van der Waals surface area (Å²) in [5, 5.41) is 0.224. The summed E-state index contributed by atoms with van der Waals surface area (Å²) in [4.78, 5) is 10.1. The van der Waals surface area contributed by atoms with E-state index in [4.69, 9.17) is 22.1 Å². The Morgan fingerprint density at radius 1 is 1.62 bits per heavy atom. The maximum Gasteiger partial charge on any atom is 0.224 e. The number of anilines is 2. The molecule has 1 atom stereocenters. The average Bonchev–Trinajstić information content (AvgIpc) is 2.46. The average molecular weight is 243 g/mol. The van der Waals surface area contributed by atoms with Crippen molar-refractivity contribution in [1.82, 2.24) is 9.97 Å². The summed E-state index contributed by atoms with van der Waals surface area (Å²) in [6.07, 6.45) is 2.68. The van der Waals surface area contributed by atoms with Crippen LogP contribution in [0.2, 0.25) is 5.28 Å². The van der Waals surface area contributed by atoms with Gasteiger partial charge in [-0.2, -0.15) is 4.98 Å². The predicted molar refractivity (Wildman–Crippen MR) is 63.7 cm³/mol. The van der Waals surface area contributed by atoms with Gasteiger partial charge in [0.2, 0.25) is 5.28 Å². The number of rotatable bonds is 1. The lowest BCUT2D eigenvalue weighted by Gasteiger charge is -2.24. The second kappa shape index (κ2) is 4.84.